The lowest BCUT2D eigenvalue weighted by Gasteiger charge is -2.05. The summed E-state index contributed by atoms with van der Waals surface area (Å²) >= 11 is 0. The van der Waals surface area contributed by atoms with Crippen LogP contribution in [-0.2, 0) is 24.3 Å². The number of H-pyrrole nitrogens is 1. The van der Waals surface area contributed by atoms with Crippen LogP contribution in [0.3, 0.4) is 0 Å². The van der Waals surface area contributed by atoms with Crippen LogP contribution in [0.4, 0.5) is 9.18 Å². The summed E-state index contributed by atoms with van der Waals surface area (Å²) in [6.07, 6.45) is 3.81. The second-order valence-corrected chi connectivity index (χ2v) is 6.65. The molecule has 0 radical (unpaired) electrons. The number of hydrogen-bond acceptors (Lipinski definition) is 4. The highest BCUT2D eigenvalue weighted by Crippen LogP contribution is 2.17. The summed E-state index contributed by atoms with van der Waals surface area (Å²) < 4.78 is 20.0. The van der Waals surface area contributed by atoms with E-state index < -0.39 is 6.09 Å². The van der Waals surface area contributed by atoms with E-state index >= 15 is 0 Å². The molecule has 7 nitrogen and oxygen atoms in total. The second kappa shape index (κ2) is 8.55. The third kappa shape index (κ3) is 4.78. The number of nitrogens with one attached hydrogen (secondary N) is 2. The van der Waals surface area contributed by atoms with Crippen LogP contribution in [-0.4, -0.2) is 32.6 Å². The van der Waals surface area contributed by atoms with E-state index in [2.05, 4.69) is 20.6 Å². The predicted octanol–water partition coefficient (Wildman–Crippen LogP) is 3.42. The highest BCUT2D eigenvalue weighted by molar-refractivity contribution is 5.83. The third-order valence-corrected chi connectivity index (χ3v) is 4.51. The number of hydrogen-bond donors (Lipinski definition) is 2. The lowest BCUT2D eigenvalue weighted by atomic mass is 10.1. The predicted molar refractivity (Wildman–Crippen MR) is 106 cm³/mol. The Balaban J connectivity index is 1.22. The molecule has 0 aliphatic heterocycles. The summed E-state index contributed by atoms with van der Waals surface area (Å²) in [5.74, 6) is -0.296. The standard InChI is InChI=1S/C21H20FN5O2/c22-17-5-3-4-15(10-17)12-27-13-18(25-26-27)14-29-21(28)23-9-8-16-11-24-20-7-2-1-6-19(16)20/h1-7,10-11,13,24H,8-9,12,14H2,(H,23,28). The molecule has 0 atom stereocenters. The molecule has 0 aliphatic rings. The quantitative estimate of drug-likeness (QED) is 0.504. The first-order valence-electron chi connectivity index (χ1n) is 9.26. The van der Waals surface area contributed by atoms with Crippen molar-refractivity contribution in [1.82, 2.24) is 25.3 Å². The van der Waals surface area contributed by atoms with Crippen LogP contribution in [0.25, 0.3) is 10.9 Å². The summed E-state index contributed by atoms with van der Waals surface area (Å²) in [7, 11) is 0. The molecule has 0 bridgehead atoms. The molecule has 2 aromatic carbocycles. The molecule has 148 valence electrons. The van der Waals surface area contributed by atoms with Crippen molar-refractivity contribution in [2.45, 2.75) is 19.6 Å². The van der Waals surface area contributed by atoms with Gasteiger partial charge in [0.25, 0.3) is 0 Å². The van der Waals surface area contributed by atoms with E-state index in [1.165, 1.54) is 12.1 Å². The van der Waals surface area contributed by atoms with Gasteiger partial charge in [-0.05, 0) is 35.7 Å². The van der Waals surface area contributed by atoms with Crippen molar-refractivity contribution >= 4 is 17.0 Å². The number of ether oxygens (including phenoxy) is 1. The average Bonchev–Trinajstić information content (AvgIpc) is 3.34. The van der Waals surface area contributed by atoms with E-state index in [-0.39, 0.29) is 12.4 Å². The lowest BCUT2D eigenvalue weighted by molar-refractivity contribution is 0.138. The van der Waals surface area contributed by atoms with Gasteiger partial charge in [0.1, 0.15) is 18.1 Å². The summed E-state index contributed by atoms with van der Waals surface area (Å²) in [6.45, 7) is 0.872. The Bertz CT molecular complexity index is 1120. The first-order chi connectivity index (χ1) is 14.2. The summed E-state index contributed by atoms with van der Waals surface area (Å²) in [5.41, 5.74) is 3.51. The Morgan fingerprint density at radius 2 is 2.10 bits per heavy atom. The minimum absolute atomic E-state index is 0.0159. The Morgan fingerprint density at radius 1 is 1.21 bits per heavy atom. The Labute approximate surface area is 166 Å². The number of halogens is 1. The van der Waals surface area contributed by atoms with Crippen LogP contribution < -0.4 is 5.32 Å². The first-order valence-corrected chi connectivity index (χ1v) is 9.26. The van der Waals surface area contributed by atoms with Crippen molar-refractivity contribution in [2.75, 3.05) is 6.54 Å². The van der Waals surface area contributed by atoms with E-state index in [0.717, 1.165) is 22.0 Å². The van der Waals surface area contributed by atoms with Gasteiger partial charge in [0.05, 0.1) is 12.7 Å². The second-order valence-electron chi connectivity index (χ2n) is 6.65. The first kappa shape index (κ1) is 18.7. The van der Waals surface area contributed by atoms with Crippen molar-refractivity contribution in [3.8, 4) is 0 Å². The molecular formula is C21H20FN5O2. The number of alkyl carbamates (subject to hydrolysis) is 1. The van der Waals surface area contributed by atoms with Crippen molar-refractivity contribution in [3.63, 3.8) is 0 Å². The zero-order valence-electron chi connectivity index (χ0n) is 15.6. The molecule has 4 rings (SSSR count). The summed E-state index contributed by atoms with van der Waals surface area (Å²) in [4.78, 5) is 15.1. The largest absolute Gasteiger partial charge is 0.443 e. The minimum atomic E-state index is -0.510. The minimum Gasteiger partial charge on any atom is -0.443 e. The number of aromatic amines is 1. The molecule has 0 saturated heterocycles. The maximum Gasteiger partial charge on any atom is 0.407 e. The highest BCUT2D eigenvalue weighted by Gasteiger charge is 2.08. The number of amides is 1. The van der Waals surface area contributed by atoms with Crippen molar-refractivity contribution in [1.29, 1.82) is 0 Å². The molecule has 4 aromatic rings. The van der Waals surface area contributed by atoms with Gasteiger partial charge in [-0.1, -0.05) is 35.5 Å². The molecule has 0 aliphatic carbocycles. The third-order valence-electron chi connectivity index (χ3n) is 4.51. The van der Waals surface area contributed by atoms with E-state index in [0.29, 0.717) is 25.2 Å². The van der Waals surface area contributed by atoms with Crippen molar-refractivity contribution in [3.05, 3.63) is 83.6 Å². The molecule has 0 spiro atoms. The van der Waals surface area contributed by atoms with E-state index in [1.54, 1.807) is 16.9 Å². The average molecular weight is 393 g/mol. The fourth-order valence-electron chi connectivity index (χ4n) is 3.13. The van der Waals surface area contributed by atoms with Crippen molar-refractivity contribution < 1.29 is 13.9 Å². The van der Waals surface area contributed by atoms with Crippen LogP contribution in [0.15, 0.2) is 60.9 Å². The molecular weight excluding hydrogens is 373 g/mol. The number of para-hydroxylation sites is 1. The number of carbonyl (C=O) groups is 1. The Kier molecular flexibility index (Phi) is 5.51. The number of nitrogens with zero attached hydrogens (tertiary/aromatic N) is 3. The number of carbonyl (C=O) groups excluding carboxylic acids is 1. The number of aromatic nitrogens is 4. The van der Waals surface area contributed by atoms with Gasteiger partial charge in [-0.2, -0.15) is 0 Å². The molecule has 0 unspecified atom stereocenters. The van der Waals surface area contributed by atoms with Gasteiger partial charge in [0.2, 0.25) is 0 Å². The molecule has 29 heavy (non-hydrogen) atoms. The molecule has 2 aromatic heterocycles. The molecule has 8 heteroatoms. The van der Waals surface area contributed by atoms with Gasteiger partial charge in [-0.25, -0.2) is 13.9 Å². The molecule has 2 N–H and O–H groups in total. The fraction of sp³-hybridized carbons (Fsp3) is 0.190. The molecule has 0 fully saturated rings. The van der Waals surface area contributed by atoms with E-state index in [4.69, 9.17) is 4.74 Å². The van der Waals surface area contributed by atoms with Gasteiger partial charge in [0.15, 0.2) is 0 Å². The normalized spacial score (nSPS) is 10.9. The smallest absolute Gasteiger partial charge is 0.407 e. The van der Waals surface area contributed by atoms with Gasteiger partial charge in [-0.3, -0.25) is 0 Å². The Hall–Kier alpha value is -3.68. The maximum atomic E-state index is 13.2. The van der Waals surface area contributed by atoms with E-state index in [1.807, 2.05) is 36.5 Å². The van der Waals surface area contributed by atoms with Crippen LogP contribution in [0, 0.1) is 5.82 Å². The summed E-state index contributed by atoms with van der Waals surface area (Å²) in [5, 5.41) is 11.8. The molecule has 1 amide bonds. The van der Waals surface area contributed by atoms with Crippen LogP contribution in [0.2, 0.25) is 0 Å². The van der Waals surface area contributed by atoms with Gasteiger partial charge >= 0.3 is 6.09 Å². The van der Waals surface area contributed by atoms with E-state index in [9.17, 15) is 9.18 Å². The van der Waals surface area contributed by atoms with Crippen molar-refractivity contribution in [2.24, 2.45) is 0 Å². The van der Waals surface area contributed by atoms with Crippen LogP contribution in [0.5, 0.6) is 0 Å². The lowest BCUT2D eigenvalue weighted by Crippen LogP contribution is -2.26. The van der Waals surface area contributed by atoms with Gasteiger partial charge in [-0.15, -0.1) is 5.10 Å². The Morgan fingerprint density at radius 3 is 3.00 bits per heavy atom. The zero-order chi connectivity index (χ0) is 20.1. The maximum absolute atomic E-state index is 13.2. The molecule has 2 heterocycles. The number of fused-ring (bicyclic) bond motifs is 1. The fourth-order valence-corrected chi connectivity index (χ4v) is 3.13. The highest BCUT2D eigenvalue weighted by atomic mass is 19.1. The zero-order valence-corrected chi connectivity index (χ0v) is 15.6. The molecule has 0 saturated carbocycles. The number of rotatable bonds is 7. The van der Waals surface area contributed by atoms with Crippen LogP contribution >= 0.6 is 0 Å². The van der Waals surface area contributed by atoms with Gasteiger partial charge in [0, 0.05) is 23.6 Å². The van der Waals surface area contributed by atoms with Gasteiger partial charge < -0.3 is 15.0 Å². The SMILES string of the molecule is O=C(NCCc1c[nH]c2ccccc12)OCc1cn(Cc2cccc(F)c2)nn1. The topological polar surface area (TPSA) is 84.8 Å². The number of benzene rings is 2. The van der Waals surface area contributed by atoms with Crippen LogP contribution in [0.1, 0.15) is 16.8 Å². The summed E-state index contributed by atoms with van der Waals surface area (Å²) in [6, 6.07) is 14.3. The monoisotopic (exact) mass is 393 g/mol.